The maximum absolute atomic E-state index is 12.1. The Balaban J connectivity index is 2.11. The van der Waals surface area contributed by atoms with Gasteiger partial charge < -0.3 is 4.74 Å². The molecule has 0 unspecified atom stereocenters. The van der Waals surface area contributed by atoms with Crippen LogP contribution in [0.3, 0.4) is 0 Å². The number of ether oxygens (including phenoxy) is 1. The number of hydrogen-bond donors (Lipinski definition) is 0. The summed E-state index contributed by atoms with van der Waals surface area (Å²) in [7, 11) is -3.20. The molecular weight excluding hydrogens is 238 g/mol. The average molecular weight is 255 g/mol. The second kappa shape index (κ2) is 5.16. The Morgan fingerprint density at radius 3 is 2.65 bits per heavy atom. The lowest BCUT2D eigenvalue weighted by atomic mass is 10.2. The number of nitrogens with zero attached hydrogens (tertiary/aromatic N) is 1. The van der Waals surface area contributed by atoms with E-state index in [1.54, 1.807) is 0 Å². The fourth-order valence-corrected chi connectivity index (χ4v) is 3.42. The van der Waals surface area contributed by atoms with Crippen LogP contribution in [0.15, 0.2) is 24.3 Å². The minimum atomic E-state index is -3.20. The fraction of sp³-hybridized carbons (Fsp3) is 0.500. The molecule has 0 aliphatic carbocycles. The highest BCUT2D eigenvalue weighted by molar-refractivity contribution is 7.88. The molecule has 1 aliphatic rings. The standard InChI is InChI=1S/C12H17NO3S/c1-11-3-2-4-12(9-11)10-17(14,15)13-5-7-16-8-6-13/h2-4,9H,5-8,10H2,1H3. The fourth-order valence-electron chi connectivity index (χ4n) is 1.93. The quantitative estimate of drug-likeness (QED) is 0.814. The highest BCUT2D eigenvalue weighted by Gasteiger charge is 2.24. The number of aryl methyl sites for hydroxylation is 1. The van der Waals surface area contributed by atoms with Crippen LogP contribution in [0.4, 0.5) is 0 Å². The normalized spacial score (nSPS) is 18.2. The molecule has 0 aromatic heterocycles. The molecule has 1 saturated heterocycles. The third kappa shape index (κ3) is 3.28. The predicted octanol–water partition coefficient (Wildman–Crippen LogP) is 1.16. The second-order valence-corrected chi connectivity index (χ2v) is 6.23. The minimum absolute atomic E-state index is 0.0781. The Hall–Kier alpha value is -0.910. The van der Waals surface area contributed by atoms with Gasteiger partial charge in [0.2, 0.25) is 10.0 Å². The number of rotatable bonds is 3. The van der Waals surface area contributed by atoms with E-state index in [0.717, 1.165) is 11.1 Å². The summed E-state index contributed by atoms with van der Waals surface area (Å²) < 4.78 is 30.9. The van der Waals surface area contributed by atoms with Crippen LogP contribution in [0, 0.1) is 6.92 Å². The van der Waals surface area contributed by atoms with Gasteiger partial charge >= 0.3 is 0 Å². The zero-order chi connectivity index (χ0) is 12.3. The maximum atomic E-state index is 12.1. The summed E-state index contributed by atoms with van der Waals surface area (Å²) >= 11 is 0. The first-order valence-corrected chi connectivity index (χ1v) is 7.30. The summed E-state index contributed by atoms with van der Waals surface area (Å²) in [5, 5.41) is 0. The van der Waals surface area contributed by atoms with Gasteiger partial charge in [0.05, 0.1) is 19.0 Å². The monoisotopic (exact) mass is 255 g/mol. The molecule has 0 N–H and O–H groups in total. The molecule has 0 amide bonds. The molecule has 94 valence electrons. The van der Waals surface area contributed by atoms with E-state index >= 15 is 0 Å². The molecule has 1 heterocycles. The van der Waals surface area contributed by atoms with E-state index < -0.39 is 10.0 Å². The Kier molecular flexibility index (Phi) is 3.81. The molecule has 0 bridgehead atoms. The summed E-state index contributed by atoms with van der Waals surface area (Å²) in [4.78, 5) is 0. The van der Waals surface area contributed by atoms with Gasteiger partial charge in [0.25, 0.3) is 0 Å². The Morgan fingerprint density at radius 2 is 2.00 bits per heavy atom. The van der Waals surface area contributed by atoms with Crippen LogP contribution in [0.25, 0.3) is 0 Å². The summed E-state index contributed by atoms with van der Waals surface area (Å²) in [5.74, 6) is 0.0781. The molecule has 0 atom stereocenters. The SMILES string of the molecule is Cc1cccc(CS(=O)(=O)N2CCOCC2)c1. The lowest BCUT2D eigenvalue weighted by molar-refractivity contribution is 0.0729. The van der Waals surface area contributed by atoms with Gasteiger partial charge in [-0.3, -0.25) is 0 Å². The van der Waals surface area contributed by atoms with Crippen LogP contribution in [-0.4, -0.2) is 39.0 Å². The summed E-state index contributed by atoms with van der Waals surface area (Å²) in [6.07, 6.45) is 0. The maximum Gasteiger partial charge on any atom is 0.218 e. The molecule has 4 nitrogen and oxygen atoms in total. The van der Waals surface area contributed by atoms with Crippen molar-refractivity contribution in [2.24, 2.45) is 0 Å². The zero-order valence-electron chi connectivity index (χ0n) is 9.93. The molecule has 1 fully saturated rings. The molecular formula is C12H17NO3S. The van der Waals surface area contributed by atoms with E-state index in [1.165, 1.54) is 4.31 Å². The third-order valence-corrected chi connectivity index (χ3v) is 4.65. The van der Waals surface area contributed by atoms with Crippen molar-refractivity contribution in [3.63, 3.8) is 0 Å². The van der Waals surface area contributed by atoms with Crippen LogP contribution in [0.5, 0.6) is 0 Å². The molecule has 17 heavy (non-hydrogen) atoms. The second-order valence-electron chi connectivity index (χ2n) is 4.26. The molecule has 1 aromatic rings. The van der Waals surface area contributed by atoms with Crippen LogP contribution >= 0.6 is 0 Å². The van der Waals surface area contributed by atoms with Crippen molar-refractivity contribution in [2.45, 2.75) is 12.7 Å². The highest BCUT2D eigenvalue weighted by atomic mass is 32.2. The van der Waals surface area contributed by atoms with Crippen LogP contribution < -0.4 is 0 Å². The van der Waals surface area contributed by atoms with Gasteiger partial charge in [-0.1, -0.05) is 29.8 Å². The zero-order valence-corrected chi connectivity index (χ0v) is 10.7. The van der Waals surface area contributed by atoms with Gasteiger partial charge in [-0.15, -0.1) is 0 Å². The predicted molar refractivity (Wildman–Crippen MR) is 66.2 cm³/mol. The van der Waals surface area contributed by atoms with Gasteiger partial charge in [-0.05, 0) is 12.5 Å². The van der Waals surface area contributed by atoms with Gasteiger partial charge in [0.15, 0.2) is 0 Å². The van der Waals surface area contributed by atoms with E-state index in [4.69, 9.17) is 4.74 Å². The van der Waals surface area contributed by atoms with E-state index in [0.29, 0.717) is 26.3 Å². The molecule has 1 aliphatic heterocycles. The molecule has 5 heteroatoms. The van der Waals surface area contributed by atoms with Crippen molar-refractivity contribution in [1.29, 1.82) is 0 Å². The van der Waals surface area contributed by atoms with Crippen molar-refractivity contribution in [3.05, 3.63) is 35.4 Å². The lowest BCUT2D eigenvalue weighted by Crippen LogP contribution is -2.41. The third-order valence-electron chi connectivity index (χ3n) is 2.79. The van der Waals surface area contributed by atoms with Crippen molar-refractivity contribution < 1.29 is 13.2 Å². The summed E-state index contributed by atoms with van der Waals surface area (Å²) in [5.41, 5.74) is 1.93. The van der Waals surface area contributed by atoms with E-state index in [2.05, 4.69) is 0 Å². The van der Waals surface area contributed by atoms with Gasteiger partial charge in [0, 0.05) is 13.1 Å². The first kappa shape index (κ1) is 12.5. The Bertz CT molecular complexity index is 478. The molecule has 0 radical (unpaired) electrons. The van der Waals surface area contributed by atoms with E-state index in [9.17, 15) is 8.42 Å². The largest absolute Gasteiger partial charge is 0.379 e. The van der Waals surface area contributed by atoms with Gasteiger partial charge in [-0.2, -0.15) is 4.31 Å². The van der Waals surface area contributed by atoms with Crippen LogP contribution in [0.1, 0.15) is 11.1 Å². The van der Waals surface area contributed by atoms with Gasteiger partial charge in [-0.25, -0.2) is 8.42 Å². The summed E-state index contributed by atoms with van der Waals surface area (Å²) in [6.45, 7) is 3.88. The number of morpholine rings is 1. The molecule has 0 saturated carbocycles. The van der Waals surface area contributed by atoms with Crippen molar-refractivity contribution in [1.82, 2.24) is 4.31 Å². The van der Waals surface area contributed by atoms with Crippen molar-refractivity contribution in [2.75, 3.05) is 26.3 Å². The minimum Gasteiger partial charge on any atom is -0.379 e. The lowest BCUT2D eigenvalue weighted by Gasteiger charge is -2.26. The number of hydrogen-bond acceptors (Lipinski definition) is 3. The average Bonchev–Trinajstić information content (AvgIpc) is 2.29. The van der Waals surface area contributed by atoms with E-state index in [-0.39, 0.29) is 5.75 Å². The first-order chi connectivity index (χ1) is 8.08. The number of benzene rings is 1. The van der Waals surface area contributed by atoms with Gasteiger partial charge in [0.1, 0.15) is 0 Å². The molecule has 1 aromatic carbocycles. The summed E-state index contributed by atoms with van der Waals surface area (Å²) in [6, 6.07) is 7.62. The van der Waals surface area contributed by atoms with E-state index in [1.807, 2.05) is 31.2 Å². The smallest absolute Gasteiger partial charge is 0.218 e. The highest BCUT2D eigenvalue weighted by Crippen LogP contribution is 2.13. The molecule has 2 rings (SSSR count). The Labute approximate surface area is 102 Å². The van der Waals surface area contributed by atoms with Crippen LogP contribution in [-0.2, 0) is 20.5 Å². The Morgan fingerprint density at radius 1 is 1.29 bits per heavy atom. The first-order valence-electron chi connectivity index (χ1n) is 5.69. The number of sulfonamides is 1. The van der Waals surface area contributed by atoms with Crippen molar-refractivity contribution in [3.8, 4) is 0 Å². The molecule has 0 spiro atoms. The topological polar surface area (TPSA) is 46.6 Å². The van der Waals surface area contributed by atoms with Crippen LogP contribution in [0.2, 0.25) is 0 Å². The van der Waals surface area contributed by atoms with Crippen molar-refractivity contribution >= 4 is 10.0 Å².